The largest absolute Gasteiger partial charge is 0.357 e. The van der Waals surface area contributed by atoms with E-state index in [9.17, 15) is 0 Å². The van der Waals surface area contributed by atoms with E-state index in [0.29, 0.717) is 5.95 Å². The van der Waals surface area contributed by atoms with E-state index in [-0.39, 0.29) is 0 Å². The Hall–Kier alpha value is -1.97. The molecular weight excluding hydrogens is 188 g/mol. The van der Waals surface area contributed by atoms with Crippen LogP contribution in [-0.4, -0.2) is 22.0 Å². The molecule has 2 rings (SSSR count). The fourth-order valence-corrected chi connectivity index (χ4v) is 1.32. The number of pyridine rings is 1. The lowest BCUT2D eigenvalue weighted by Gasteiger charge is -2.05. The van der Waals surface area contributed by atoms with E-state index in [1.54, 1.807) is 19.4 Å². The predicted molar refractivity (Wildman–Crippen MR) is 59.5 cm³/mol. The third kappa shape index (κ3) is 1.93. The van der Waals surface area contributed by atoms with Gasteiger partial charge >= 0.3 is 0 Å². The molecule has 2 aromatic rings. The first kappa shape index (κ1) is 9.58. The second kappa shape index (κ2) is 4.04. The van der Waals surface area contributed by atoms with E-state index in [1.165, 1.54) is 0 Å². The molecule has 0 aromatic carbocycles. The molecule has 1 N–H and O–H groups in total. The monoisotopic (exact) mass is 200 g/mol. The molecular formula is C11H12N4. The van der Waals surface area contributed by atoms with Gasteiger partial charge in [0.1, 0.15) is 0 Å². The maximum Gasteiger partial charge on any atom is 0.223 e. The van der Waals surface area contributed by atoms with Crippen molar-refractivity contribution in [3.63, 3.8) is 0 Å². The Morgan fingerprint density at radius 2 is 2.07 bits per heavy atom. The highest BCUT2D eigenvalue weighted by Gasteiger charge is 2.05. The predicted octanol–water partition coefficient (Wildman–Crippen LogP) is 1.89. The number of nitrogens with zero attached hydrogens (tertiary/aromatic N) is 3. The minimum absolute atomic E-state index is 0.612. The summed E-state index contributed by atoms with van der Waals surface area (Å²) in [6, 6.07) is 5.77. The third-order valence-corrected chi connectivity index (χ3v) is 2.10. The SMILES string of the molecule is CNc1ncc(C)c(-c2ccccn2)n1. The van der Waals surface area contributed by atoms with Gasteiger partial charge in [0.25, 0.3) is 0 Å². The van der Waals surface area contributed by atoms with Crippen LogP contribution >= 0.6 is 0 Å². The number of aromatic nitrogens is 3. The Morgan fingerprint density at radius 3 is 2.73 bits per heavy atom. The molecule has 0 aliphatic rings. The summed E-state index contributed by atoms with van der Waals surface area (Å²) in [5.74, 6) is 0.612. The maximum absolute atomic E-state index is 4.38. The van der Waals surface area contributed by atoms with Crippen LogP contribution in [0.1, 0.15) is 5.56 Å². The van der Waals surface area contributed by atoms with Crippen LogP contribution in [0.15, 0.2) is 30.6 Å². The summed E-state index contributed by atoms with van der Waals surface area (Å²) in [7, 11) is 1.80. The van der Waals surface area contributed by atoms with Crippen molar-refractivity contribution in [1.29, 1.82) is 0 Å². The van der Waals surface area contributed by atoms with E-state index in [0.717, 1.165) is 17.0 Å². The third-order valence-electron chi connectivity index (χ3n) is 2.10. The molecule has 4 heteroatoms. The van der Waals surface area contributed by atoms with Gasteiger partial charge in [0.15, 0.2) is 0 Å². The molecule has 0 unspecified atom stereocenters. The van der Waals surface area contributed by atoms with Crippen molar-refractivity contribution < 1.29 is 0 Å². The highest BCUT2D eigenvalue weighted by atomic mass is 15.1. The molecule has 0 spiro atoms. The molecule has 0 saturated carbocycles. The lowest BCUT2D eigenvalue weighted by Crippen LogP contribution is -1.99. The van der Waals surface area contributed by atoms with Gasteiger partial charge in [-0.2, -0.15) is 0 Å². The summed E-state index contributed by atoms with van der Waals surface area (Å²) in [6.07, 6.45) is 3.55. The topological polar surface area (TPSA) is 50.7 Å². The molecule has 0 fully saturated rings. The minimum Gasteiger partial charge on any atom is -0.357 e. The highest BCUT2D eigenvalue weighted by molar-refractivity contribution is 5.59. The zero-order valence-electron chi connectivity index (χ0n) is 8.73. The van der Waals surface area contributed by atoms with Gasteiger partial charge in [0, 0.05) is 19.4 Å². The maximum atomic E-state index is 4.38. The lowest BCUT2D eigenvalue weighted by atomic mass is 10.2. The van der Waals surface area contributed by atoms with Gasteiger partial charge in [0.05, 0.1) is 11.4 Å². The van der Waals surface area contributed by atoms with Crippen LogP contribution < -0.4 is 5.32 Å². The molecule has 4 nitrogen and oxygen atoms in total. The van der Waals surface area contributed by atoms with Gasteiger partial charge in [-0.1, -0.05) is 6.07 Å². The quantitative estimate of drug-likeness (QED) is 0.804. The minimum atomic E-state index is 0.612. The molecule has 0 bridgehead atoms. The van der Waals surface area contributed by atoms with Crippen molar-refractivity contribution >= 4 is 5.95 Å². The number of hydrogen-bond acceptors (Lipinski definition) is 4. The van der Waals surface area contributed by atoms with E-state index in [1.807, 2.05) is 25.1 Å². The van der Waals surface area contributed by atoms with Crippen molar-refractivity contribution in [2.24, 2.45) is 0 Å². The number of rotatable bonds is 2. The van der Waals surface area contributed by atoms with Gasteiger partial charge in [-0.25, -0.2) is 9.97 Å². The molecule has 0 atom stereocenters. The van der Waals surface area contributed by atoms with Crippen molar-refractivity contribution in [1.82, 2.24) is 15.0 Å². The molecule has 76 valence electrons. The van der Waals surface area contributed by atoms with Crippen LogP contribution in [0.5, 0.6) is 0 Å². The zero-order chi connectivity index (χ0) is 10.7. The first-order chi connectivity index (χ1) is 7.31. The molecule has 0 aliphatic heterocycles. The summed E-state index contributed by atoms with van der Waals surface area (Å²) >= 11 is 0. The van der Waals surface area contributed by atoms with Crippen LogP contribution in [0, 0.1) is 6.92 Å². The summed E-state index contributed by atoms with van der Waals surface area (Å²) in [5.41, 5.74) is 2.76. The Morgan fingerprint density at radius 1 is 1.20 bits per heavy atom. The van der Waals surface area contributed by atoms with E-state index in [2.05, 4.69) is 20.3 Å². The summed E-state index contributed by atoms with van der Waals surface area (Å²) < 4.78 is 0. The standard InChI is InChI=1S/C11H12N4/c1-8-7-14-11(12-2)15-10(8)9-5-3-4-6-13-9/h3-7H,1-2H3,(H,12,14,15). The molecule has 15 heavy (non-hydrogen) atoms. The average molecular weight is 200 g/mol. The fraction of sp³-hybridized carbons (Fsp3) is 0.182. The number of hydrogen-bond donors (Lipinski definition) is 1. The van der Waals surface area contributed by atoms with Gasteiger partial charge in [-0.3, -0.25) is 4.98 Å². The lowest BCUT2D eigenvalue weighted by molar-refractivity contribution is 1.11. The molecule has 0 aliphatic carbocycles. The fourth-order valence-electron chi connectivity index (χ4n) is 1.32. The second-order valence-corrected chi connectivity index (χ2v) is 3.19. The van der Waals surface area contributed by atoms with Crippen LogP contribution in [0.25, 0.3) is 11.4 Å². The first-order valence-electron chi connectivity index (χ1n) is 4.74. The summed E-state index contributed by atoms with van der Waals surface area (Å²) in [4.78, 5) is 12.8. The normalized spacial score (nSPS) is 10.0. The molecule has 0 radical (unpaired) electrons. The van der Waals surface area contributed by atoms with Gasteiger partial charge in [0.2, 0.25) is 5.95 Å². The summed E-state index contributed by atoms with van der Waals surface area (Å²) in [5, 5.41) is 2.91. The van der Waals surface area contributed by atoms with Crippen molar-refractivity contribution in [3.8, 4) is 11.4 Å². The Balaban J connectivity index is 2.52. The van der Waals surface area contributed by atoms with E-state index >= 15 is 0 Å². The van der Waals surface area contributed by atoms with Crippen LogP contribution in [-0.2, 0) is 0 Å². The average Bonchev–Trinajstić information content (AvgIpc) is 2.31. The number of anilines is 1. The number of aryl methyl sites for hydroxylation is 1. The van der Waals surface area contributed by atoms with Crippen LogP contribution in [0.2, 0.25) is 0 Å². The van der Waals surface area contributed by atoms with Crippen molar-refractivity contribution in [2.45, 2.75) is 6.92 Å². The Kier molecular flexibility index (Phi) is 2.58. The Labute approximate surface area is 88.4 Å². The van der Waals surface area contributed by atoms with Gasteiger partial charge in [-0.05, 0) is 24.6 Å². The smallest absolute Gasteiger partial charge is 0.223 e. The highest BCUT2D eigenvalue weighted by Crippen LogP contribution is 2.18. The Bertz CT molecular complexity index is 453. The number of nitrogens with one attached hydrogen (secondary N) is 1. The molecule has 2 aromatic heterocycles. The van der Waals surface area contributed by atoms with Crippen molar-refractivity contribution in [2.75, 3.05) is 12.4 Å². The second-order valence-electron chi connectivity index (χ2n) is 3.19. The van der Waals surface area contributed by atoms with Crippen molar-refractivity contribution in [3.05, 3.63) is 36.2 Å². The van der Waals surface area contributed by atoms with E-state index < -0.39 is 0 Å². The molecule has 2 heterocycles. The van der Waals surface area contributed by atoms with Gasteiger partial charge in [-0.15, -0.1) is 0 Å². The molecule has 0 saturated heterocycles. The zero-order valence-corrected chi connectivity index (χ0v) is 8.73. The summed E-state index contributed by atoms with van der Waals surface area (Å²) in [6.45, 7) is 1.98. The first-order valence-corrected chi connectivity index (χ1v) is 4.74. The van der Waals surface area contributed by atoms with Crippen LogP contribution in [0.3, 0.4) is 0 Å². The molecule has 0 amide bonds. The van der Waals surface area contributed by atoms with Crippen LogP contribution in [0.4, 0.5) is 5.95 Å². The van der Waals surface area contributed by atoms with E-state index in [4.69, 9.17) is 0 Å². The van der Waals surface area contributed by atoms with Gasteiger partial charge < -0.3 is 5.32 Å².